The molecule has 2 aliphatic rings. The zero-order valence-electron chi connectivity index (χ0n) is 16.6. The topological polar surface area (TPSA) is 83.5 Å². The highest BCUT2D eigenvalue weighted by Crippen LogP contribution is 2.32. The third kappa shape index (κ3) is 4.38. The maximum atomic E-state index is 14.5. The summed E-state index contributed by atoms with van der Waals surface area (Å²) in [5.74, 6) is -0.762. The minimum absolute atomic E-state index is 0.0381. The van der Waals surface area contributed by atoms with E-state index in [0.717, 1.165) is 12.3 Å². The molecule has 2 amide bonds. The molecule has 1 unspecified atom stereocenters. The van der Waals surface area contributed by atoms with Gasteiger partial charge in [-0.05, 0) is 24.6 Å². The Morgan fingerprint density at radius 1 is 1.23 bits per heavy atom. The van der Waals surface area contributed by atoms with Crippen molar-refractivity contribution in [1.29, 1.82) is 0 Å². The van der Waals surface area contributed by atoms with Crippen molar-refractivity contribution in [3.63, 3.8) is 0 Å². The molecule has 12 heteroatoms. The van der Waals surface area contributed by atoms with Gasteiger partial charge in [0.15, 0.2) is 5.82 Å². The smallest absolute Gasteiger partial charge is 0.320 e. The molecule has 0 radical (unpaired) electrons. The Bertz CT molecular complexity index is 989. The Kier molecular flexibility index (Phi) is 6.15. The highest BCUT2D eigenvalue weighted by atomic mass is 35.5. The van der Waals surface area contributed by atoms with Gasteiger partial charge in [0, 0.05) is 24.8 Å². The molecule has 1 atom stereocenters. The first-order valence-electron chi connectivity index (χ1n) is 9.71. The molecule has 31 heavy (non-hydrogen) atoms. The SMILES string of the molecule is CC(Nc1nc(Cl)nc2c1CN(C(=O)N1CCOCC1)C2)c1nccc(C(F)F)c1F. The van der Waals surface area contributed by atoms with Gasteiger partial charge in [-0.15, -0.1) is 0 Å². The lowest BCUT2D eigenvalue weighted by Crippen LogP contribution is -2.46. The van der Waals surface area contributed by atoms with Gasteiger partial charge >= 0.3 is 6.03 Å². The number of nitrogens with zero attached hydrogens (tertiary/aromatic N) is 5. The van der Waals surface area contributed by atoms with Gasteiger partial charge in [0.25, 0.3) is 6.43 Å². The van der Waals surface area contributed by atoms with Crippen LogP contribution < -0.4 is 5.32 Å². The van der Waals surface area contributed by atoms with Crippen LogP contribution in [-0.4, -0.2) is 57.1 Å². The van der Waals surface area contributed by atoms with Crippen LogP contribution >= 0.6 is 11.6 Å². The molecule has 8 nitrogen and oxygen atoms in total. The summed E-state index contributed by atoms with van der Waals surface area (Å²) in [5.41, 5.74) is 0.335. The van der Waals surface area contributed by atoms with Crippen LogP contribution in [0.5, 0.6) is 0 Å². The van der Waals surface area contributed by atoms with E-state index in [1.165, 1.54) is 0 Å². The van der Waals surface area contributed by atoms with Crippen molar-refractivity contribution >= 4 is 23.4 Å². The maximum Gasteiger partial charge on any atom is 0.320 e. The number of pyridine rings is 1. The molecule has 4 rings (SSSR count). The number of urea groups is 1. The van der Waals surface area contributed by atoms with Gasteiger partial charge in [-0.25, -0.2) is 27.9 Å². The summed E-state index contributed by atoms with van der Waals surface area (Å²) in [6.07, 6.45) is -1.82. The van der Waals surface area contributed by atoms with E-state index in [9.17, 15) is 18.0 Å². The van der Waals surface area contributed by atoms with Crippen molar-refractivity contribution < 1.29 is 22.7 Å². The molecule has 2 aromatic rings. The van der Waals surface area contributed by atoms with Gasteiger partial charge in [-0.1, -0.05) is 0 Å². The minimum Gasteiger partial charge on any atom is -0.378 e. The van der Waals surface area contributed by atoms with Crippen LogP contribution in [0.4, 0.5) is 23.8 Å². The number of aromatic nitrogens is 3. The predicted molar refractivity (Wildman–Crippen MR) is 105 cm³/mol. The number of carbonyl (C=O) groups is 1. The van der Waals surface area contributed by atoms with Crippen LogP contribution in [0.1, 0.15) is 41.9 Å². The number of amides is 2. The number of halogens is 4. The summed E-state index contributed by atoms with van der Waals surface area (Å²) in [4.78, 5) is 28.4. The van der Waals surface area contributed by atoms with Gasteiger partial charge < -0.3 is 19.9 Å². The first-order valence-corrected chi connectivity index (χ1v) is 10.1. The third-order valence-corrected chi connectivity index (χ3v) is 5.42. The fourth-order valence-corrected chi connectivity index (χ4v) is 3.84. The summed E-state index contributed by atoms with van der Waals surface area (Å²) in [6, 6.07) is 0.0245. The number of ether oxygens (including phenoxy) is 1. The van der Waals surface area contributed by atoms with Crippen molar-refractivity contribution in [3.8, 4) is 0 Å². The third-order valence-electron chi connectivity index (χ3n) is 5.25. The second-order valence-electron chi connectivity index (χ2n) is 7.27. The summed E-state index contributed by atoms with van der Waals surface area (Å²) < 4.78 is 45.8. The Hall–Kier alpha value is -2.66. The summed E-state index contributed by atoms with van der Waals surface area (Å²) in [5, 5.41) is 2.95. The first-order chi connectivity index (χ1) is 14.8. The van der Waals surface area contributed by atoms with E-state index in [0.29, 0.717) is 43.4 Å². The van der Waals surface area contributed by atoms with Gasteiger partial charge in [0.05, 0.1) is 49.3 Å². The van der Waals surface area contributed by atoms with Crippen LogP contribution in [0, 0.1) is 5.82 Å². The van der Waals surface area contributed by atoms with Gasteiger partial charge in [-0.3, -0.25) is 4.98 Å². The average Bonchev–Trinajstić information content (AvgIpc) is 3.17. The number of carbonyl (C=O) groups excluding carboxylic acids is 1. The van der Waals surface area contributed by atoms with Gasteiger partial charge in [0.2, 0.25) is 5.28 Å². The predicted octanol–water partition coefficient (Wildman–Crippen LogP) is 3.54. The second-order valence-corrected chi connectivity index (χ2v) is 7.61. The molecule has 0 spiro atoms. The van der Waals surface area contributed by atoms with E-state index in [1.807, 2.05) is 0 Å². The lowest BCUT2D eigenvalue weighted by Gasteiger charge is -2.30. The maximum absolute atomic E-state index is 14.5. The summed E-state index contributed by atoms with van der Waals surface area (Å²) >= 11 is 6.05. The van der Waals surface area contributed by atoms with Crippen molar-refractivity contribution in [2.45, 2.75) is 32.5 Å². The summed E-state index contributed by atoms with van der Waals surface area (Å²) in [7, 11) is 0. The molecule has 2 aromatic heterocycles. The van der Waals surface area contributed by atoms with Crippen molar-refractivity contribution in [1.82, 2.24) is 24.8 Å². The number of morpholine rings is 1. The van der Waals surface area contributed by atoms with Crippen LogP contribution in [0.15, 0.2) is 12.3 Å². The van der Waals surface area contributed by atoms with Crippen molar-refractivity contribution in [3.05, 3.63) is 45.9 Å². The van der Waals surface area contributed by atoms with Crippen LogP contribution in [0.25, 0.3) is 0 Å². The Labute approximate surface area is 181 Å². The van der Waals surface area contributed by atoms with E-state index in [-0.39, 0.29) is 30.1 Å². The molecular weight excluding hydrogens is 437 g/mol. The molecule has 0 saturated carbocycles. The number of hydrogen-bond acceptors (Lipinski definition) is 6. The van der Waals surface area contributed by atoms with Gasteiger partial charge in [0.1, 0.15) is 5.82 Å². The van der Waals surface area contributed by atoms with Crippen LogP contribution in [-0.2, 0) is 17.8 Å². The molecule has 0 aliphatic carbocycles. The molecule has 0 bridgehead atoms. The van der Waals surface area contributed by atoms with Crippen molar-refractivity contribution in [2.75, 3.05) is 31.6 Å². The number of nitrogens with one attached hydrogen (secondary N) is 1. The Morgan fingerprint density at radius 3 is 2.68 bits per heavy atom. The zero-order valence-corrected chi connectivity index (χ0v) is 17.4. The number of fused-ring (bicyclic) bond motifs is 1. The Balaban J connectivity index is 1.56. The Morgan fingerprint density at radius 2 is 1.97 bits per heavy atom. The van der Waals surface area contributed by atoms with Crippen molar-refractivity contribution in [2.24, 2.45) is 0 Å². The van der Waals surface area contributed by atoms with E-state index < -0.39 is 23.8 Å². The normalized spacial score (nSPS) is 17.1. The second kappa shape index (κ2) is 8.83. The molecule has 166 valence electrons. The van der Waals surface area contributed by atoms with E-state index >= 15 is 0 Å². The molecule has 2 aliphatic heterocycles. The number of hydrogen-bond donors (Lipinski definition) is 1. The molecule has 4 heterocycles. The van der Waals surface area contributed by atoms with Gasteiger partial charge in [-0.2, -0.15) is 0 Å². The van der Waals surface area contributed by atoms with E-state index in [4.69, 9.17) is 16.3 Å². The monoisotopic (exact) mass is 456 g/mol. The zero-order chi connectivity index (χ0) is 22.1. The lowest BCUT2D eigenvalue weighted by atomic mass is 10.1. The largest absolute Gasteiger partial charge is 0.378 e. The average molecular weight is 457 g/mol. The number of rotatable bonds is 4. The minimum atomic E-state index is -2.95. The summed E-state index contributed by atoms with van der Waals surface area (Å²) in [6.45, 7) is 4.05. The number of anilines is 1. The van der Waals surface area contributed by atoms with E-state index in [2.05, 4.69) is 20.3 Å². The van der Waals surface area contributed by atoms with E-state index in [1.54, 1.807) is 16.7 Å². The fourth-order valence-electron chi connectivity index (χ4n) is 3.65. The highest BCUT2D eigenvalue weighted by molar-refractivity contribution is 6.28. The molecule has 1 fully saturated rings. The quantitative estimate of drug-likeness (QED) is 0.708. The molecular formula is C19H20ClF3N6O2. The number of alkyl halides is 2. The van der Waals surface area contributed by atoms with Crippen LogP contribution in [0.3, 0.4) is 0 Å². The molecule has 1 saturated heterocycles. The first kappa shape index (κ1) is 21.6. The standard InChI is InChI=1S/C19H20ClF3N6O2/c1-10(15-14(21)11(16(22)23)2-3-24-15)25-17-12-8-29(9-13(12)26-18(20)27-17)19(30)28-4-6-31-7-5-28/h2-3,10,16H,4-9H2,1H3,(H,25,26,27). The fraction of sp³-hybridized carbons (Fsp3) is 0.474. The lowest BCUT2D eigenvalue weighted by molar-refractivity contribution is 0.0429. The highest BCUT2D eigenvalue weighted by Gasteiger charge is 2.32. The molecule has 0 aromatic carbocycles. The van der Waals surface area contributed by atoms with Crippen LogP contribution in [0.2, 0.25) is 5.28 Å². The molecule has 1 N–H and O–H groups in total.